The fraction of sp³-hybridized carbons (Fsp3) is 0.600. The molecule has 2 rings (SSSR count). The summed E-state index contributed by atoms with van der Waals surface area (Å²) in [6.45, 7) is 5.69. The Bertz CT molecular complexity index is 326. The second-order valence-corrected chi connectivity index (χ2v) is 6.33. The first kappa shape index (κ1) is 13.0. The molecule has 2 heteroatoms. The molecule has 0 aromatic heterocycles. The third kappa shape index (κ3) is 3.75. The Kier molecular flexibility index (Phi) is 4.93. The average molecular weight is 249 g/mol. The molecule has 0 amide bonds. The molecule has 1 N–H and O–H groups in total. The van der Waals surface area contributed by atoms with E-state index in [9.17, 15) is 0 Å². The molecule has 0 saturated carbocycles. The van der Waals surface area contributed by atoms with Crippen LogP contribution in [0.15, 0.2) is 29.2 Å². The van der Waals surface area contributed by atoms with Crippen LogP contribution in [0.5, 0.6) is 0 Å². The molecular weight excluding hydrogens is 226 g/mol. The molecule has 1 nitrogen and oxygen atoms in total. The molecule has 1 heterocycles. The van der Waals surface area contributed by atoms with Crippen molar-refractivity contribution in [3.05, 3.63) is 29.8 Å². The van der Waals surface area contributed by atoms with E-state index in [0.717, 1.165) is 11.8 Å². The van der Waals surface area contributed by atoms with Crippen LogP contribution in [0.3, 0.4) is 0 Å². The summed E-state index contributed by atoms with van der Waals surface area (Å²) in [6.07, 6.45) is 5.12. The zero-order chi connectivity index (χ0) is 12.1. The van der Waals surface area contributed by atoms with Crippen LogP contribution in [0.25, 0.3) is 0 Å². The molecule has 0 aliphatic carbocycles. The predicted octanol–water partition coefficient (Wildman–Crippen LogP) is 3.87. The van der Waals surface area contributed by atoms with Gasteiger partial charge in [0.25, 0.3) is 0 Å². The Balaban J connectivity index is 1.73. The first-order valence-corrected chi connectivity index (χ1v) is 7.65. The summed E-state index contributed by atoms with van der Waals surface area (Å²) in [5.74, 6) is 0. The molecule has 1 aromatic rings. The summed E-state index contributed by atoms with van der Waals surface area (Å²) in [6, 6.07) is 9.52. The van der Waals surface area contributed by atoms with Gasteiger partial charge in [0.1, 0.15) is 0 Å². The lowest BCUT2D eigenvalue weighted by molar-refractivity contribution is 0.494. The van der Waals surface area contributed by atoms with Crippen LogP contribution in [0.2, 0.25) is 0 Å². The molecule has 2 atom stereocenters. The quantitative estimate of drug-likeness (QED) is 0.821. The van der Waals surface area contributed by atoms with Gasteiger partial charge in [0.05, 0.1) is 0 Å². The molecule has 0 fully saturated rings. The second-order valence-electron chi connectivity index (χ2n) is 4.98. The smallest absolute Gasteiger partial charge is 0.0136 e. The van der Waals surface area contributed by atoms with Crippen molar-refractivity contribution in [2.24, 2.45) is 0 Å². The van der Waals surface area contributed by atoms with Crippen LogP contribution >= 0.6 is 11.8 Å². The van der Waals surface area contributed by atoms with Gasteiger partial charge in [0.15, 0.2) is 0 Å². The standard InChI is InChI=1S/C15H23NS/c1-3-10-16-12(2)8-9-14-11-13-6-4-5-7-15(13)17-14/h4-7,12,14,16H,3,8-11H2,1-2H3. The SMILES string of the molecule is CCCNC(C)CCC1Cc2ccccc2S1. The van der Waals surface area contributed by atoms with Gasteiger partial charge in [-0.15, -0.1) is 11.8 Å². The summed E-state index contributed by atoms with van der Waals surface area (Å²) in [5, 5.41) is 4.37. The largest absolute Gasteiger partial charge is 0.314 e. The maximum absolute atomic E-state index is 3.57. The number of nitrogens with one attached hydrogen (secondary N) is 1. The minimum absolute atomic E-state index is 0.666. The number of fused-ring (bicyclic) bond motifs is 1. The molecule has 1 aliphatic heterocycles. The van der Waals surface area contributed by atoms with Crippen molar-refractivity contribution >= 4 is 11.8 Å². The number of benzene rings is 1. The Morgan fingerprint density at radius 3 is 3.00 bits per heavy atom. The lowest BCUT2D eigenvalue weighted by Gasteiger charge is -2.15. The van der Waals surface area contributed by atoms with Gasteiger partial charge in [-0.1, -0.05) is 25.1 Å². The Morgan fingerprint density at radius 1 is 1.41 bits per heavy atom. The van der Waals surface area contributed by atoms with E-state index in [4.69, 9.17) is 0 Å². The van der Waals surface area contributed by atoms with Gasteiger partial charge in [-0.3, -0.25) is 0 Å². The van der Waals surface area contributed by atoms with Gasteiger partial charge < -0.3 is 5.32 Å². The molecule has 94 valence electrons. The molecule has 2 unspecified atom stereocenters. The van der Waals surface area contributed by atoms with E-state index in [2.05, 4.69) is 55.2 Å². The van der Waals surface area contributed by atoms with Crippen molar-refractivity contribution in [1.82, 2.24) is 5.32 Å². The maximum Gasteiger partial charge on any atom is 0.0136 e. The second kappa shape index (κ2) is 6.46. The highest BCUT2D eigenvalue weighted by Gasteiger charge is 2.21. The van der Waals surface area contributed by atoms with Gasteiger partial charge in [0, 0.05) is 16.2 Å². The highest BCUT2D eigenvalue weighted by molar-refractivity contribution is 8.00. The topological polar surface area (TPSA) is 12.0 Å². The highest BCUT2D eigenvalue weighted by Crippen LogP contribution is 2.38. The molecule has 0 saturated heterocycles. The van der Waals surface area contributed by atoms with Crippen molar-refractivity contribution in [1.29, 1.82) is 0 Å². The predicted molar refractivity (Wildman–Crippen MR) is 76.8 cm³/mol. The lowest BCUT2D eigenvalue weighted by atomic mass is 10.0. The number of hydrogen-bond acceptors (Lipinski definition) is 2. The fourth-order valence-electron chi connectivity index (χ4n) is 2.34. The van der Waals surface area contributed by atoms with Crippen LogP contribution in [-0.4, -0.2) is 17.8 Å². The van der Waals surface area contributed by atoms with Gasteiger partial charge in [-0.05, 0) is 50.8 Å². The van der Waals surface area contributed by atoms with E-state index in [1.54, 1.807) is 5.56 Å². The van der Waals surface area contributed by atoms with Crippen molar-refractivity contribution in [3.63, 3.8) is 0 Å². The molecular formula is C15H23NS. The molecule has 0 bridgehead atoms. The van der Waals surface area contributed by atoms with Crippen molar-refractivity contribution in [3.8, 4) is 0 Å². The monoisotopic (exact) mass is 249 g/mol. The Hall–Kier alpha value is -0.470. The minimum Gasteiger partial charge on any atom is -0.314 e. The fourth-order valence-corrected chi connectivity index (χ4v) is 3.68. The Labute approximate surface area is 109 Å². The molecule has 17 heavy (non-hydrogen) atoms. The number of thioether (sulfide) groups is 1. The average Bonchev–Trinajstić information content (AvgIpc) is 2.76. The maximum atomic E-state index is 3.57. The molecule has 1 aliphatic rings. The van der Waals surface area contributed by atoms with E-state index in [-0.39, 0.29) is 0 Å². The number of rotatable bonds is 6. The van der Waals surface area contributed by atoms with Gasteiger partial charge in [0.2, 0.25) is 0 Å². The first-order valence-electron chi connectivity index (χ1n) is 6.77. The van der Waals surface area contributed by atoms with E-state index < -0.39 is 0 Å². The van der Waals surface area contributed by atoms with Crippen LogP contribution in [0.4, 0.5) is 0 Å². The minimum atomic E-state index is 0.666. The van der Waals surface area contributed by atoms with Crippen LogP contribution in [-0.2, 0) is 6.42 Å². The van der Waals surface area contributed by atoms with E-state index in [1.807, 2.05) is 0 Å². The first-order chi connectivity index (χ1) is 8.29. The molecule has 0 radical (unpaired) electrons. The third-order valence-corrected chi connectivity index (χ3v) is 4.77. The van der Waals surface area contributed by atoms with Crippen LogP contribution < -0.4 is 5.32 Å². The van der Waals surface area contributed by atoms with Crippen LogP contribution in [0, 0.1) is 0 Å². The summed E-state index contributed by atoms with van der Waals surface area (Å²) in [7, 11) is 0. The summed E-state index contributed by atoms with van der Waals surface area (Å²) in [4.78, 5) is 1.51. The van der Waals surface area contributed by atoms with Crippen molar-refractivity contribution in [2.45, 2.75) is 55.7 Å². The number of hydrogen-bond donors (Lipinski definition) is 1. The Morgan fingerprint density at radius 2 is 2.24 bits per heavy atom. The summed E-state index contributed by atoms with van der Waals surface area (Å²) >= 11 is 2.07. The summed E-state index contributed by atoms with van der Waals surface area (Å²) < 4.78 is 0. The van der Waals surface area contributed by atoms with Crippen molar-refractivity contribution in [2.75, 3.05) is 6.54 Å². The molecule has 1 aromatic carbocycles. The van der Waals surface area contributed by atoms with E-state index in [1.165, 1.54) is 30.6 Å². The van der Waals surface area contributed by atoms with E-state index >= 15 is 0 Å². The molecule has 0 spiro atoms. The zero-order valence-corrected chi connectivity index (χ0v) is 11.7. The lowest BCUT2D eigenvalue weighted by Crippen LogP contribution is -2.27. The van der Waals surface area contributed by atoms with Crippen LogP contribution in [0.1, 0.15) is 38.7 Å². The van der Waals surface area contributed by atoms with Gasteiger partial charge in [-0.25, -0.2) is 0 Å². The van der Waals surface area contributed by atoms with E-state index in [0.29, 0.717) is 6.04 Å². The zero-order valence-electron chi connectivity index (χ0n) is 10.9. The van der Waals surface area contributed by atoms with Gasteiger partial charge >= 0.3 is 0 Å². The normalized spacial score (nSPS) is 20.2. The van der Waals surface area contributed by atoms with Gasteiger partial charge in [-0.2, -0.15) is 0 Å². The van der Waals surface area contributed by atoms with Crippen molar-refractivity contribution < 1.29 is 0 Å². The third-order valence-electron chi connectivity index (χ3n) is 3.38. The summed E-state index contributed by atoms with van der Waals surface area (Å²) in [5.41, 5.74) is 1.55. The highest BCUT2D eigenvalue weighted by atomic mass is 32.2.